The first-order chi connectivity index (χ1) is 10.1. The molecule has 2 N–H and O–H groups in total. The molecule has 0 unspecified atom stereocenters. The van der Waals surface area contributed by atoms with E-state index in [0.717, 1.165) is 60.5 Å². The van der Waals surface area contributed by atoms with Crippen LogP contribution in [0.3, 0.4) is 0 Å². The van der Waals surface area contributed by atoms with Gasteiger partial charge in [-0.1, -0.05) is 36.8 Å². The van der Waals surface area contributed by atoms with E-state index in [9.17, 15) is 9.90 Å². The van der Waals surface area contributed by atoms with Crippen molar-refractivity contribution in [1.29, 1.82) is 0 Å². The number of fused-ring (bicyclic) bond motifs is 1. The highest BCUT2D eigenvalue weighted by Gasteiger charge is 2.15. The molecule has 2 aromatic rings. The van der Waals surface area contributed by atoms with Gasteiger partial charge >= 0.3 is 4.87 Å². The van der Waals surface area contributed by atoms with Crippen LogP contribution >= 0.6 is 39.9 Å². The van der Waals surface area contributed by atoms with Gasteiger partial charge in [0.25, 0.3) is 0 Å². The number of phenolic OH excluding ortho intramolecular Hbond substituents is 1. The Balaban J connectivity index is 0.00000242. The molecular weight excluding hydrogens is 388 g/mol. The Hall–Kier alpha value is -0.560. The van der Waals surface area contributed by atoms with E-state index in [-0.39, 0.29) is 27.6 Å². The quantitative estimate of drug-likeness (QED) is 0.721. The average Bonchev–Trinajstić information content (AvgIpc) is 2.81. The second-order valence-corrected chi connectivity index (χ2v) is 6.56. The Labute approximate surface area is 149 Å². The minimum Gasteiger partial charge on any atom is -0.506 e. The molecule has 0 aliphatic rings. The van der Waals surface area contributed by atoms with Crippen LogP contribution in [0.5, 0.6) is 5.75 Å². The fraction of sp³-hybridized carbons (Fsp3) is 0.533. The van der Waals surface area contributed by atoms with Crippen LogP contribution in [0.4, 0.5) is 0 Å². The summed E-state index contributed by atoms with van der Waals surface area (Å²) < 4.78 is 0.776. The third-order valence-electron chi connectivity index (χ3n) is 3.49. The molecule has 1 aromatic carbocycles. The highest BCUT2D eigenvalue weighted by atomic mass is 79.9. The van der Waals surface area contributed by atoms with Gasteiger partial charge in [-0.25, -0.2) is 0 Å². The molecule has 1 aromatic heterocycles. The first kappa shape index (κ1) is 19.5. The predicted molar refractivity (Wildman–Crippen MR) is 100 cm³/mol. The molecule has 22 heavy (non-hydrogen) atoms. The number of halogens is 2. The monoisotopic (exact) mass is 408 g/mol. The number of H-pyrrole nitrogens is 1. The van der Waals surface area contributed by atoms with Crippen LogP contribution in [0.15, 0.2) is 10.9 Å². The molecule has 7 heteroatoms. The summed E-state index contributed by atoms with van der Waals surface area (Å²) in [6.07, 6.45) is 3.02. The minimum absolute atomic E-state index is 0. The molecule has 4 nitrogen and oxygen atoms in total. The molecule has 0 amide bonds. The van der Waals surface area contributed by atoms with Crippen LogP contribution in [-0.4, -0.2) is 34.6 Å². The van der Waals surface area contributed by atoms with Gasteiger partial charge in [-0.3, -0.25) is 4.79 Å². The summed E-state index contributed by atoms with van der Waals surface area (Å²) in [4.78, 5) is 16.5. The number of rotatable bonds is 7. The molecular formula is C15H22BrClN2O2S. The zero-order valence-corrected chi connectivity index (χ0v) is 16.1. The number of thiazole rings is 1. The maximum absolute atomic E-state index is 11.5. The van der Waals surface area contributed by atoms with E-state index >= 15 is 0 Å². The number of hydrogen-bond acceptors (Lipinski definition) is 4. The third-order valence-corrected chi connectivity index (χ3v) is 4.77. The molecule has 0 aliphatic carbocycles. The van der Waals surface area contributed by atoms with Gasteiger partial charge in [0, 0.05) is 17.6 Å². The zero-order valence-electron chi connectivity index (χ0n) is 12.8. The summed E-state index contributed by atoms with van der Waals surface area (Å²) in [5.74, 6) is 0.0380. The van der Waals surface area contributed by atoms with Crippen molar-refractivity contribution >= 4 is 50.1 Å². The van der Waals surface area contributed by atoms with Crippen LogP contribution in [0.25, 0.3) is 10.2 Å². The van der Waals surface area contributed by atoms with Crippen LogP contribution in [0, 0.1) is 0 Å². The number of nitrogens with one attached hydrogen (secondary N) is 1. The van der Waals surface area contributed by atoms with Crippen molar-refractivity contribution in [1.82, 2.24) is 9.88 Å². The lowest BCUT2D eigenvalue weighted by Crippen LogP contribution is -2.27. The van der Waals surface area contributed by atoms with E-state index in [4.69, 9.17) is 11.6 Å². The second-order valence-electron chi connectivity index (χ2n) is 5.17. The lowest BCUT2D eigenvalue weighted by Gasteiger charge is -2.21. The number of nitrogens with zero attached hydrogens (tertiary/aromatic N) is 1. The van der Waals surface area contributed by atoms with Crippen LogP contribution < -0.4 is 4.87 Å². The minimum atomic E-state index is -0.164. The second kappa shape index (κ2) is 8.91. The van der Waals surface area contributed by atoms with Crippen molar-refractivity contribution in [3.63, 3.8) is 0 Å². The van der Waals surface area contributed by atoms with Gasteiger partial charge < -0.3 is 15.0 Å². The molecule has 0 saturated carbocycles. The van der Waals surface area contributed by atoms with Crippen molar-refractivity contribution in [3.05, 3.63) is 26.3 Å². The molecule has 0 bridgehead atoms. The summed E-state index contributed by atoms with van der Waals surface area (Å²) >= 11 is 7.38. The van der Waals surface area contributed by atoms with Crippen molar-refractivity contribution < 1.29 is 5.11 Å². The van der Waals surface area contributed by atoms with Gasteiger partial charge in [-0.05, 0) is 37.9 Å². The highest BCUT2D eigenvalue weighted by molar-refractivity contribution is 8.93. The van der Waals surface area contributed by atoms with Crippen molar-refractivity contribution in [2.75, 3.05) is 19.6 Å². The largest absolute Gasteiger partial charge is 0.506 e. The normalized spacial score (nSPS) is 11.1. The molecule has 1 heterocycles. The Morgan fingerprint density at radius 3 is 2.50 bits per heavy atom. The molecule has 2 rings (SSSR count). The standard InChI is InChI=1S/C15H21ClN2O2S.BrH/c1-3-6-18(7-4-2)8-5-10-11(16)9-12(19)13-14(10)21-15(20)17-13;/h9,19H,3-8H2,1-2H3,(H,17,20);1H. The summed E-state index contributed by atoms with van der Waals surface area (Å²) in [5.41, 5.74) is 1.45. The fourth-order valence-electron chi connectivity index (χ4n) is 2.58. The summed E-state index contributed by atoms with van der Waals surface area (Å²) in [7, 11) is 0. The molecule has 124 valence electrons. The number of hydrogen-bond donors (Lipinski definition) is 2. The first-order valence-electron chi connectivity index (χ1n) is 7.32. The van der Waals surface area contributed by atoms with Crippen LogP contribution in [0.2, 0.25) is 5.02 Å². The van der Waals surface area contributed by atoms with E-state index in [2.05, 4.69) is 23.7 Å². The van der Waals surface area contributed by atoms with E-state index in [1.54, 1.807) is 0 Å². The Morgan fingerprint density at radius 1 is 1.27 bits per heavy atom. The van der Waals surface area contributed by atoms with Crippen LogP contribution in [-0.2, 0) is 6.42 Å². The highest BCUT2D eigenvalue weighted by Crippen LogP contribution is 2.34. The number of benzene rings is 1. The zero-order chi connectivity index (χ0) is 15.4. The van der Waals surface area contributed by atoms with Crippen molar-refractivity contribution in [2.45, 2.75) is 33.1 Å². The number of aromatic hydroxyl groups is 1. The maximum atomic E-state index is 11.5. The van der Waals surface area contributed by atoms with Gasteiger partial charge in [0.2, 0.25) is 0 Å². The topological polar surface area (TPSA) is 56.3 Å². The summed E-state index contributed by atoms with van der Waals surface area (Å²) in [6.45, 7) is 7.39. The van der Waals surface area contributed by atoms with Gasteiger partial charge in [0.15, 0.2) is 0 Å². The van der Waals surface area contributed by atoms with Crippen LogP contribution in [0.1, 0.15) is 32.3 Å². The Kier molecular flexibility index (Phi) is 7.89. The number of aromatic nitrogens is 1. The smallest absolute Gasteiger partial charge is 0.305 e. The maximum Gasteiger partial charge on any atom is 0.305 e. The number of aromatic amines is 1. The summed E-state index contributed by atoms with van der Waals surface area (Å²) in [6, 6.07) is 1.52. The average molecular weight is 410 g/mol. The molecule has 0 aliphatic heterocycles. The van der Waals surface area contributed by atoms with E-state index in [1.165, 1.54) is 6.07 Å². The Bertz CT molecular complexity index is 665. The van der Waals surface area contributed by atoms with Gasteiger partial charge in [-0.2, -0.15) is 0 Å². The molecule has 0 atom stereocenters. The van der Waals surface area contributed by atoms with E-state index < -0.39 is 0 Å². The van der Waals surface area contributed by atoms with E-state index in [1.807, 2.05) is 0 Å². The molecule has 0 radical (unpaired) electrons. The number of phenols is 1. The third kappa shape index (κ3) is 4.47. The van der Waals surface area contributed by atoms with E-state index in [0.29, 0.717) is 10.5 Å². The van der Waals surface area contributed by atoms with Gasteiger partial charge in [0.05, 0.1) is 4.70 Å². The fourth-order valence-corrected chi connectivity index (χ4v) is 3.86. The SMILES string of the molecule is Br.CCCN(CCC)CCc1c(Cl)cc(O)c2[nH]c(=O)sc12. The first-order valence-corrected chi connectivity index (χ1v) is 8.51. The molecule has 0 fully saturated rings. The Morgan fingerprint density at radius 2 is 1.91 bits per heavy atom. The molecule has 0 saturated heterocycles. The lowest BCUT2D eigenvalue weighted by molar-refractivity contribution is 0.278. The predicted octanol–water partition coefficient (Wildman–Crippen LogP) is 4.19. The lowest BCUT2D eigenvalue weighted by atomic mass is 10.1. The molecule has 0 spiro atoms. The summed E-state index contributed by atoms with van der Waals surface area (Å²) in [5, 5.41) is 10.4. The van der Waals surface area contributed by atoms with Crippen molar-refractivity contribution in [2.24, 2.45) is 0 Å². The van der Waals surface area contributed by atoms with Gasteiger partial charge in [0.1, 0.15) is 11.3 Å². The van der Waals surface area contributed by atoms with Crippen molar-refractivity contribution in [3.8, 4) is 5.75 Å². The van der Waals surface area contributed by atoms with Gasteiger partial charge in [-0.15, -0.1) is 17.0 Å².